The van der Waals surface area contributed by atoms with Gasteiger partial charge in [0.2, 0.25) is 11.7 Å². The van der Waals surface area contributed by atoms with E-state index in [4.69, 9.17) is 0 Å². The lowest BCUT2D eigenvalue weighted by molar-refractivity contribution is -0.140. The first-order valence-electron chi connectivity index (χ1n) is 9.44. The predicted octanol–water partition coefficient (Wildman–Crippen LogP) is 2.15. The second-order valence-corrected chi connectivity index (χ2v) is 8.56. The number of rotatable bonds is 7. The summed E-state index contributed by atoms with van der Waals surface area (Å²) in [5, 5.41) is 7.54. The smallest absolute Gasteiger partial charge is 0.309 e. The Morgan fingerprint density at radius 3 is 2.44 bits per heavy atom. The van der Waals surface area contributed by atoms with Gasteiger partial charge in [0.05, 0.1) is 6.04 Å². The summed E-state index contributed by atoms with van der Waals surface area (Å²) in [5.74, 6) is -0.448. The van der Waals surface area contributed by atoms with Crippen LogP contribution in [0.15, 0.2) is 5.10 Å². The lowest BCUT2D eigenvalue weighted by atomic mass is 9.88. The van der Waals surface area contributed by atoms with Crippen LogP contribution in [0.25, 0.3) is 0 Å². The fourth-order valence-electron chi connectivity index (χ4n) is 3.27. The normalized spacial score (nSPS) is 20.3. The van der Waals surface area contributed by atoms with Crippen LogP contribution in [0.5, 0.6) is 0 Å². The zero-order valence-corrected chi connectivity index (χ0v) is 18.0. The van der Waals surface area contributed by atoms with E-state index in [-0.39, 0.29) is 30.2 Å². The quantitative estimate of drug-likeness (QED) is 0.488. The molecule has 0 radical (unpaired) electrons. The second-order valence-electron chi connectivity index (χ2n) is 7.50. The van der Waals surface area contributed by atoms with E-state index in [1.165, 1.54) is 11.8 Å². The van der Waals surface area contributed by atoms with Gasteiger partial charge in [-0.1, -0.05) is 44.9 Å². The minimum atomic E-state index is -0.793. The molecule has 0 spiro atoms. The molecule has 2 N–H and O–H groups in total. The van der Waals surface area contributed by atoms with Crippen LogP contribution in [0.1, 0.15) is 52.4 Å². The molecule has 1 aliphatic heterocycles. The van der Waals surface area contributed by atoms with E-state index >= 15 is 0 Å². The van der Waals surface area contributed by atoms with Crippen molar-refractivity contribution in [3.05, 3.63) is 0 Å². The second kappa shape index (κ2) is 11.5. The maximum Gasteiger partial charge on any atom is 0.309 e. The molecule has 1 saturated heterocycles. The van der Waals surface area contributed by atoms with Crippen LogP contribution in [-0.4, -0.2) is 53.1 Å². The molecule has 1 heterocycles. The molecule has 154 valence electrons. The number of amidine groups is 1. The number of nitrogens with zero attached hydrogens (tertiary/aromatic N) is 2. The third-order valence-electron chi connectivity index (χ3n) is 4.78. The molecular weight excluding hydrogens is 388 g/mol. The molecular formula is C18H31ClN4O3S. The van der Waals surface area contributed by atoms with E-state index in [1.807, 2.05) is 25.8 Å². The molecule has 2 amide bonds. The fraction of sp³-hybridized carbons (Fsp3) is 0.778. The molecule has 0 aromatic rings. The van der Waals surface area contributed by atoms with Gasteiger partial charge in [-0.2, -0.15) is 0 Å². The van der Waals surface area contributed by atoms with Crippen LogP contribution in [0.4, 0.5) is 0 Å². The Kier molecular flexibility index (Phi) is 10.2. The summed E-state index contributed by atoms with van der Waals surface area (Å²) in [6.07, 6.45) is 5.41. The minimum Gasteiger partial charge on any atom is -0.352 e. The molecule has 2 fully saturated rings. The van der Waals surface area contributed by atoms with Gasteiger partial charge in [-0.25, -0.2) is 5.43 Å². The van der Waals surface area contributed by atoms with Crippen molar-refractivity contribution in [3.63, 3.8) is 0 Å². The first-order valence-corrected chi connectivity index (χ1v) is 10.4. The number of amides is 2. The minimum absolute atomic E-state index is 0. The number of Topliss-reactive ketones (excluding diaryl/α,β-unsaturated/α-hetero) is 1. The van der Waals surface area contributed by atoms with E-state index in [9.17, 15) is 14.4 Å². The number of hydrazone groups is 1. The van der Waals surface area contributed by atoms with Crippen molar-refractivity contribution in [3.8, 4) is 0 Å². The molecule has 9 heteroatoms. The van der Waals surface area contributed by atoms with Gasteiger partial charge in [0.1, 0.15) is 0 Å². The molecule has 7 nitrogen and oxygen atoms in total. The van der Waals surface area contributed by atoms with Crippen LogP contribution in [-0.2, 0) is 14.4 Å². The Bertz CT molecular complexity index is 565. The fourth-order valence-corrected chi connectivity index (χ4v) is 4.24. The third kappa shape index (κ3) is 7.33. The van der Waals surface area contributed by atoms with Gasteiger partial charge < -0.3 is 10.2 Å². The number of ketones is 1. The largest absolute Gasteiger partial charge is 0.352 e. The van der Waals surface area contributed by atoms with E-state index in [0.717, 1.165) is 44.4 Å². The standard InChI is InChI=1S/C18H30N4O3S.ClH/c1-12(2)11-14(19-16(24)13-7-5-4-6-8-13)15(23)17(25)20-21-18-22(3)9-10-26-18;/h12-14H,4-11H2,1-3H3,(H,19,24)(H,20,25);1H/b21-18-;/t14-;/m0./s1. The maximum atomic E-state index is 12.6. The van der Waals surface area contributed by atoms with E-state index in [1.54, 1.807) is 0 Å². The van der Waals surface area contributed by atoms with Gasteiger partial charge in [-0.3, -0.25) is 14.4 Å². The van der Waals surface area contributed by atoms with Crippen LogP contribution in [0, 0.1) is 11.8 Å². The SMILES string of the molecule is CC(C)C[C@H](NC(=O)C1CCCCC1)C(=O)C(=O)N/N=C1\SCCN1C.Cl. The monoisotopic (exact) mass is 418 g/mol. The summed E-state index contributed by atoms with van der Waals surface area (Å²) >= 11 is 1.53. The highest BCUT2D eigenvalue weighted by Gasteiger charge is 2.30. The van der Waals surface area contributed by atoms with Crippen LogP contribution in [0.3, 0.4) is 0 Å². The summed E-state index contributed by atoms with van der Waals surface area (Å²) in [5.41, 5.74) is 2.35. The summed E-state index contributed by atoms with van der Waals surface area (Å²) in [6.45, 7) is 4.80. The van der Waals surface area contributed by atoms with Gasteiger partial charge in [0.25, 0.3) is 0 Å². The Balaban J connectivity index is 0.00000364. The van der Waals surface area contributed by atoms with Gasteiger partial charge in [0.15, 0.2) is 5.17 Å². The molecule has 2 rings (SSSR count). The van der Waals surface area contributed by atoms with Crippen molar-refractivity contribution in [2.75, 3.05) is 19.3 Å². The molecule has 2 aliphatic rings. The van der Waals surface area contributed by atoms with Gasteiger partial charge in [-0.05, 0) is 25.2 Å². The molecule has 0 bridgehead atoms. The van der Waals surface area contributed by atoms with Gasteiger partial charge >= 0.3 is 5.91 Å². The average Bonchev–Trinajstić information content (AvgIpc) is 3.03. The molecule has 1 aliphatic carbocycles. The molecule has 0 aromatic heterocycles. The highest BCUT2D eigenvalue weighted by atomic mass is 35.5. The van der Waals surface area contributed by atoms with Gasteiger partial charge in [0, 0.05) is 25.3 Å². The van der Waals surface area contributed by atoms with E-state index in [0.29, 0.717) is 11.6 Å². The Labute approximate surface area is 171 Å². The first-order chi connectivity index (χ1) is 12.4. The Morgan fingerprint density at radius 2 is 1.89 bits per heavy atom. The number of carbonyl (C=O) groups is 3. The number of thioether (sulfide) groups is 1. The molecule has 1 atom stereocenters. The van der Waals surface area contributed by atoms with Crippen molar-refractivity contribution in [2.45, 2.75) is 58.4 Å². The van der Waals surface area contributed by atoms with E-state index < -0.39 is 17.7 Å². The molecule has 0 aromatic carbocycles. The number of hydrogen-bond donors (Lipinski definition) is 2. The van der Waals surface area contributed by atoms with Crippen molar-refractivity contribution in [2.24, 2.45) is 16.9 Å². The lowest BCUT2D eigenvalue weighted by Gasteiger charge is -2.24. The highest BCUT2D eigenvalue weighted by molar-refractivity contribution is 8.14. The van der Waals surface area contributed by atoms with E-state index in [2.05, 4.69) is 15.8 Å². The number of halogens is 1. The summed E-state index contributed by atoms with van der Waals surface area (Å²) in [4.78, 5) is 39.2. The first kappa shape index (κ1) is 23.8. The summed E-state index contributed by atoms with van der Waals surface area (Å²) < 4.78 is 0. The van der Waals surface area contributed by atoms with Crippen LogP contribution < -0.4 is 10.7 Å². The lowest BCUT2D eigenvalue weighted by Crippen LogP contribution is -2.49. The number of carbonyl (C=O) groups excluding carboxylic acids is 3. The molecule has 27 heavy (non-hydrogen) atoms. The van der Waals surface area contributed by atoms with Crippen LogP contribution in [0.2, 0.25) is 0 Å². The van der Waals surface area contributed by atoms with Crippen molar-refractivity contribution in [1.82, 2.24) is 15.6 Å². The summed E-state index contributed by atoms with van der Waals surface area (Å²) in [7, 11) is 1.89. The topological polar surface area (TPSA) is 90.9 Å². The number of nitrogens with one attached hydrogen (secondary N) is 2. The van der Waals surface area contributed by atoms with Crippen molar-refractivity contribution in [1.29, 1.82) is 0 Å². The zero-order chi connectivity index (χ0) is 19.1. The molecule has 1 saturated carbocycles. The highest BCUT2D eigenvalue weighted by Crippen LogP contribution is 2.24. The Hall–Kier alpha value is -1.28. The summed E-state index contributed by atoms with van der Waals surface area (Å²) in [6, 6.07) is -0.793. The molecule has 0 unspecified atom stereocenters. The van der Waals surface area contributed by atoms with Crippen LogP contribution >= 0.6 is 24.2 Å². The van der Waals surface area contributed by atoms with Gasteiger partial charge in [-0.15, -0.1) is 17.5 Å². The predicted molar refractivity (Wildman–Crippen MR) is 111 cm³/mol. The third-order valence-corrected chi connectivity index (χ3v) is 5.83. The maximum absolute atomic E-state index is 12.6. The average molecular weight is 419 g/mol. The zero-order valence-electron chi connectivity index (χ0n) is 16.3. The number of hydrogen-bond acceptors (Lipinski definition) is 5. The van der Waals surface area contributed by atoms with Crippen molar-refractivity contribution >= 4 is 46.9 Å². The Morgan fingerprint density at radius 1 is 1.22 bits per heavy atom. The van der Waals surface area contributed by atoms with Crippen molar-refractivity contribution < 1.29 is 14.4 Å².